The highest BCUT2D eigenvalue weighted by molar-refractivity contribution is 7.23. The lowest BCUT2D eigenvalue weighted by Gasteiger charge is -2.29. The van der Waals surface area contributed by atoms with E-state index in [-0.39, 0.29) is 17.9 Å². The predicted octanol–water partition coefficient (Wildman–Crippen LogP) is 7.66. The maximum atomic E-state index is 15.5. The largest absolute Gasteiger partial charge is 0.444 e. The van der Waals surface area contributed by atoms with E-state index in [1.807, 2.05) is 45.0 Å². The third-order valence-electron chi connectivity index (χ3n) is 8.37. The molecule has 2 fully saturated rings. The highest BCUT2D eigenvalue weighted by atomic mass is 32.1. The molecule has 6 rings (SSSR count). The Bertz CT molecular complexity index is 1630. The summed E-state index contributed by atoms with van der Waals surface area (Å²) in [6, 6.07) is 10.5. The molecular formula is C33H40FN5O3S. The molecule has 2 aromatic heterocycles. The number of rotatable bonds is 8. The molecule has 43 heavy (non-hydrogen) atoms. The normalized spacial score (nSPS) is 18.1. The van der Waals surface area contributed by atoms with Crippen molar-refractivity contribution in [2.45, 2.75) is 83.8 Å². The second kappa shape index (κ2) is 12.3. The number of thiazole rings is 1. The van der Waals surface area contributed by atoms with E-state index in [1.54, 1.807) is 15.5 Å². The van der Waals surface area contributed by atoms with Gasteiger partial charge in [0.15, 0.2) is 11.6 Å². The molecule has 8 nitrogen and oxygen atoms in total. The number of hydrogen-bond acceptors (Lipinski definition) is 7. The summed E-state index contributed by atoms with van der Waals surface area (Å²) in [5, 5.41) is 4.62. The number of Topliss-reactive ketones (excluding diaryl/α,β-unsaturated/α-hetero) is 1. The quantitative estimate of drug-likeness (QED) is 0.152. The molecule has 0 aliphatic carbocycles. The zero-order valence-electron chi connectivity index (χ0n) is 25.3. The molecule has 0 unspecified atom stereocenters. The van der Waals surface area contributed by atoms with Gasteiger partial charge in [-0.15, -0.1) is 5.10 Å². The van der Waals surface area contributed by atoms with Gasteiger partial charge < -0.3 is 14.5 Å². The first-order valence-corrected chi connectivity index (χ1v) is 16.3. The number of likely N-dealkylation sites (tertiary alicyclic amines) is 2. The van der Waals surface area contributed by atoms with E-state index in [0.717, 1.165) is 48.0 Å². The molecule has 228 valence electrons. The number of halogens is 1. The number of unbranched alkanes of at least 4 members (excludes halogenated alkanes) is 1. The van der Waals surface area contributed by atoms with Crippen LogP contribution in [0, 0.1) is 5.82 Å². The molecule has 2 saturated heterocycles. The van der Waals surface area contributed by atoms with Crippen LogP contribution in [0.4, 0.5) is 9.18 Å². The number of nitrogens with zero attached hydrogens (tertiary/aromatic N) is 5. The molecule has 0 spiro atoms. The molecule has 0 bridgehead atoms. The van der Waals surface area contributed by atoms with Gasteiger partial charge in [-0.2, -0.15) is 4.98 Å². The number of aromatic nitrogens is 3. The van der Waals surface area contributed by atoms with Gasteiger partial charge in [-0.3, -0.25) is 4.79 Å². The lowest BCUT2D eigenvalue weighted by Crippen LogP contribution is -2.36. The Kier molecular flexibility index (Phi) is 8.51. The van der Waals surface area contributed by atoms with Crippen molar-refractivity contribution in [1.82, 2.24) is 24.4 Å². The molecule has 4 heterocycles. The minimum absolute atomic E-state index is 0.162. The Morgan fingerprint density at radius 2 is 1.84 bits per heavy atom. The minimum atomic E-state index is -0.591. The number of carbonyl (C=O) groups is 2. The fourth-order valence-corrected chi connectivity index (χ4v) is 7.20. The van der Waals surface area contributed by atoms with E-state index in [1.165, 1.54) is 49.8 Å². The summed E-state index contributed by atoms with van der Waals surface area (Å²) in [6.45, 7) is 9.56. The van der Waals surface area contributed by atoms with Gasteiger partial charge in [-0.05, 0) is 115 Å². The number of carbonyl (C=O) groups excluding carboxylic acids is 2. The maximum Gasteiger partial charge on any atom is 0.410 e. The van der Waals surface area contributed by atoms with Crippen molar-refractivity contribution in [3.8, 4) is 11.4 Å². The Morgan fingerprint density at radius 1 is 1.02 bits per heavy atom. The molecule has 2 aromatic carbocycles. The number of hydrogen-bond donors (Lipinski definition) is 0. The van der Waals surface area contributed by atoms with Crippen LogP contribution in [-0.2, 0) is 4.74 Å². The fraction of sp³-hybridized carbons (Fsp3) is 0.515. The van der Waals surface area contributed by atoms with Crippen molar-refractivity contribution in [3.05, 3.63) is 53.3 Å². The van der Waals surface area contributed by atoms with Crippen LogP contribution in [0.3, 0.4) is 0 Å². The molecule has 2 aliphatic rings. The summed E-state index contributed by atoms with van der Waals surface area (Å²) < 4.78 is 23.7. The van der Waals surface area contributed by atoms with Gasteiger partial charge in [0.2, 0.25) is 4.96 Å². The average molecular weight is 606 g/mol. The van der Waals surface area contributed by atoms with E-state index >= 15 is 4.39 Å². The van der Waals surface area contributed by atoms with E-state index in [4.69, 9.17) is 4.74 Å². The standard InChI is InChI=1S/C33H40FN5O3S/c1-33(2,3)42-32(41)38-19-9-10-26(38)22-12-14-24(25(34)20-22)30-35-31-39(36-30)27-15-13-23(21-29(27)43-31)28(40)11-5-8-18-37-16-6-4-7-17-37/h12-15,20-21,26H,4-11,16-19H2,1-3H3/t26-/m0/s1. The smallest absolute Gasteiger partial charge is 0.410 e. The second-order valence-electron chi connectivity index (χ2n) is 12.8. The first kappa shape index (κ1) is 29.7. The molecule has 1 atom stereocenters. The molecule has 0 saturated carbocycles. The lowest BCUT2D eigenvalue weighted by atomic mass is 10.0. The average Bonchev–Trinajstić information content (AvgIpc) is 3.70. The third kappa shape index (κ3) is 6.60. The van der Waals surface area contributed by atoms with Gasteiger partial charge in [0.25, 0.3) is 0 Å². The van der Waals surface area contributed by atoms with Gasteiger partial charge in [0.1, 0.15) is 11.4 Å². The highest BCUT2D eigenvalue weighted by Crippen LogP contribution is 2.36. The SMILES string of the molecule is CC(C)(C)OC(=O)N1CCC[C@H]1c1ccc(-c2nc3sc4cc(C(=O)CCCCN5CCCCC5)ccc4n3n2)c(F)c1. The van der Waals surface area contributed by atoms with Crippen LogP contribution < -0.4 is 0 Å². The lowest BCUT2D eigenvalue weighted by molar-refractivity contribution is 0.0224. The molecule has 0 radical (unpaired) electrons. The Labute approximate surface area is 255 Å². The Morgan fingerprint density at radius 3 is 2.60 bits per heavy atom. The highest BCUT2D eigenvalue weighted by Gasteiger charge is 2.33. The number of ether oxygens (including phenoxy) is 1. The first-order valence-electron chi connectivity index (χ1n) is 15.5. The van der Waals surface area contributed by atoms with Crippen LogP contribution in [0.2, 0.25) is 0 Å². The molecule has 4 aromatic rings. The van der Waals surface area contributed by atoms with Gasteiger partial charge >= 0.3 is 6.09 Å². The molecule has 10 heteroatoms. The first-order chi connectivity index (χ1) is 20.7. The van der Waals surface area contributed by atoms with Crippen molar-refractivity contribution in [3.63, 3.8) is 0 Å². The van der Waals surface area contributed by atoms with Crippen LogP contribution in [0.1, 0.15) is 94.1 Å². The molecular weight excluding hydrogens is 565 g/mol. The minimum Gasteiger partial charge on any atom is -0.444 e. The van der Waals surface area contributed by atoms with Gasteiger partial charge in [0, 0.05) is 18.5 Å². The van der Waals surface area contributed by atoms with Crippen molar-refractivity contribution < 1.29 is 18.7 Å². The predicted molar refractivity (Wildman–Crippen MR) is 167 cm³/mol. The van der Waals surface area contributed by atoms with Crippen LogP contribution >= 0.6 is 11.3 Å². The number of fused-ring (bicyclic) bond motifs is 3. The van der Waals surface area contributed by atoms with Crippen LogP contribution in [0.5, 0.6) is 0 Å². The van der Waals surface area contributed by atoms with Crippen molar-refractivity contribution in [2.24, 2.45) is 0 Å². The number of benzene rings is 2. The van der Waals surface area contributed by atoms with Gasteiger partial charge in [-0.1, -0.05) is 23.8 Å². The maximum absolute atomic E-state index is 15.5. The number of piperidine rings is 1. The topological polar surface area (TPSA) is 80.0 Å². The summed E-state index contributed by atoms with van der Waals surface area (Å²) in [7, 11) is 0. The number of ketones is 1. The number of amides is 1. The Hall–Kier alpha value is -3.37. The molecule has 0 N–H and O–H groups in total. The zero-order chi connectivity index (χ0) is 30.1. The van der Waals surface area contributed by atoms with Crippen molar-refractivity contribution in [1.29, 1.82) is 0 Å². The van der Waals surface area contributed by atoms with E-state index in [0.29, 0.717) is 34.9 Å². The van der Waals surface area contributed by atoms with E-state index in [2.05, 4.69) is 15.0 Å². The van der Waals surface area contributed by atoms with Crippen LogP contribution in [0.25, 0.3) is 26.6 Å². The summed E-state index contributed by atoms with van der Waals surface area (Å²) in [6.07, 6.45) is 7.63. The summed E-state index contributed by atoms with van der Waals surface area (Å²) >= 11 is 1.44. The van der Waals surface area contributed by atoms with Crippen molar-refractivity contribution in [2.75, 3.05) is 26.2 Å². The van der Waals surface area contributed by atoms with E-state index < -0.39 is 11.4 Å². The summed E-state index contributed by atoms with van der Waals surface area (Å²) in [5.74, 6) is 0.0423. The zero-order valence-corrected chi connectivity index (χ0v) is 26.1. The van der Waals surface area contributed by atoms with Gasteiger partial charge in [0.05, 0.1) is 21.8 Å². The fourth-order valence-electron chi connectivity index (χ4n) is 6.20. The van der Waals surface area contributed by atoms with Crippen molar-refractivity contribution >= 4 is 38.4 Å². The second-order valence-corrected chi connectivity index (χ2v) is 13.8. The Balaban J connectivity index is 1.13. The third-order valence-corrected chi connectivity index (χ3v) is 9.36. The van der Waals surface area contributed by atoms with E-state index in [9.17, 15) is 9.59 Å². The van der Waals surface area contributed by atoms with Gasteiger partial charge in [-0.25, -0.2) is 13.7 Å². The monoisotopic (exact) mass is 605 g/mol. The van der Waals surface area contributed by atoms with Crippen LogP contribution in [0.15, 0.2) is 36.4 Å². The summed E-state index contributed by atoms with van der Waals surface area (Å²) in [5.41, 5.74) is 2.01. The molecule has 1 amide bonds. The molecule has 2 aliphatic heterocycles. The summed E-state index contributed by atoms with van der Waals surface area (Å²) in [4.78, 5) is 35.1. The van der Waals surface area contributed by atoms with Crippen LogP contribution in [-0.4, -0.2) is 68.1 Å².